The van der Waals surface area contributed by atoms with E-state index in [-0.39, 0.29) is 0 Å². The monoisotopic (exact) mass is 360 g/mol. The molecule has 5 rings (SSSR count). The van der Waals surface area contributed by atoms with E-state index in [2.05, 4.69) is 105 Å². The van der Waals surface area contributed by atoms with Gasteiger partial charge in [-0.1, -0.05) is 90.5 Å². The number of hydrogen-bond donors (Lipinski definition) is 0. The first-order chi connectivity index (χ1) is 13.7. The molecule has 0 spiro atoms. The van der Waals surface area contributed by atoms with Gasteiger partial charge >= 0.3 is 0 Å². The molecule has 0 saturated carbocycles. The Morgan fingerprint density at radius 2 is 1.39 bits per heavy atom. The van der Waals surface area contributed by atoms with Gasteiger partial charge in [-0.05, 0) is 70.9 Å². The van der Waals surface area contributed by atoms with Crippen LogP contribution in [0.3, 0.4) is 0 Å². The second-order valence-electron chi connectivity index (χ2n) is 7.99. The van der Waals surface area contributed by atoms with Crippen LogP contribution in [-0.2, 0) is 6.42 Å². The average molecular weight is 361 g/mol. The third-order valence-corrected chi connectivity index (χ3v) is 5.98. The highest BCUT2D eigenvalue weighted by molar-refractivity contribution is 5.95. The van der Waals surface area contributed by atoms with Crippen LogP contribution in [0, 0.1) is 0 Å². The van der Waals surface area contributed by atoms with Gasteiger partial charge in [-0.25, -0.2) is 0 Å². The number of benzene rings is 3. The molecule has 3 aromatic carbocycles. The Morgan fingerprint density at radius 1 is 0.714 bits per heavy atom. The molecule has 1 atom stereocenters. The van der Waals surface area contributed by atoms with Gasteiger partial charge in [0, 0.05) is 5.92 Å². The first-order valence-corrected chi connectivity index (χ1v) is 10.0. The summed E-state index contributed by atoms with van der Waals surface area (Å²) in [7, 11) is 0. The molecule has 0 nitrogen and oxygen atoms in total. The van der Waals surface area contributed by atoms with Gasteiger partial charge in [-0.3, -0.25) is 0 Å². The smallest absolute Gasteiger partial charge is 0.0354 e. The van der Waals surface area contributed by atoms with Crippen molar-refractivity contribution in [2.24, 2.45) is 0 Å². The van der Waals surface area contributed by atoms with Crippen LogP contribution in [0.1, 0.15) is 47.6 Å². The van der Waals surface area contributed by atoms with Crippen molar-refractivity contribution in [3.8, 4) is 0 Å². The molecular formula is C28H24. The molecule has 1 unspecified atom stereocenters. The molecule has 0 fully saturated rings. The summed E-state index contributed by atoms with van der Waals surface area (Å²) in [4.78, 5) is 0. The molecule has 0 radical (unpaired) electrons. The highest BCUT2D eigenvalue weighted by Gasteiger charge is 2.32. The Kier molecular flexibility index (Phi) is 4.13. The molecule has 0 heterocycles. The fourth-order valence-corrected chi connectivity index (χ4v) is 4.76. The van der Waals surface area contributed by atoms with Gasteiger partial charge in [0.2, 0.25) is 0 Å². The summed E-state index contributed by atoms with van der Waals surface area (Å²) in [6, 6.07) is 28.5. The lowest BCUT2D eigenvalue weighted by Gasteiger charge is -2.24. The molecule has 0 heteroatoms. The minimum atomic E-state index is 0.296. The molecule has 0 aliphatic heterocycles. The Balaban J connectivity index is 1.66. The second kappa shape index (κ2) is 6.80. The van der Waals surface area contributed by atoms with E-state index >= 15 is 0 Å². The van der Waals surface area contributed by atoms with Gasteiger partial charge in [0.25, 0.3) is 0 Å². The van der Waals surface area contributed by atoms with Crippen molar-refractivity contribution in [1.82, 2.24) is 0 Å². The number of hydrogen-bond acceptors (Lipinski definition) is 0. The molecule has 0 aromatic heterocycles. The molecule has 0 amide bonds. The number of fused-ring (bicyclic) bond motifs is 2. The van der Waals surface area contributed by atoms with Crippen LogP contribution in [0.15, 0.2) is 95.6 Å². The SMILES string of the molecule is CC(C)=C(C1=Cc2ccccc2C1)C1C(c2ccccc2)=Cc2ccccc21. The first-order valence-electron chi connectivity index (χ1n) is 10.0. The average Bonchev–Trinajstić information content (AvgIpc) is 3.31. The predicted octanol–water partition coefficient (Wildman–Crippen LogP) is 7.30. The third-order valence-electron chi connectivity index (χ3n) is 5.98. The van der Waals surface area contributed by atoms with Crippen LogP contribution in [0.2, 0.25) is 0 Å². The molecule has 0 saturated heterocycles. The second-order valence-corrected chi connectivity index (χ2v) is 7.99. The van der Waals surface area contributed by atoms with Crippen LogP contribution >= 0.6 is 0 Å². The van der Waals surface area contributed by atoms with E-state index in [1.54, 1.807) is 0 Å². The zero-order valence-corrected chi connectivity index (χ0v) is 16.4. The van der Waals surface area contributed by atoms with Crippen LogP contribution in [0.4, 0.5) is 0 Å². The predicted molar refractivity (Wildman–Crippen MR) is 120 cm³/mol. The topological polar surface area (TPSA) is 0 Å². The quantitative estimate of drug-likeness (QED) is 0.459. The minimum Gasteiger partial charge on any atom is -0.0720 e. The summed E-state index contributed by atoms with van der Waals surface area (Å²) in [5.74, 6) is 0.296. The van der Waals surface area contributed by atoms with Crippen LogP contribution in [0.5, 0.6) is 0 Å². The zero-order valence-electron chi connectivity index (χ0n) is 16.4. The number of allylic oxidation sites excluding steroid dienone is 4. The molecule has 2 aliphatic rings. The van der Waals surface area contributed by atoms with Gasteiger partial charge in [0.15, 0.2) is 0 Å². The maximum atomic E-state index is 2.40. The van der Waals surface area contributed by atoms with E-state index in [1.807, 2.05) is 0 Å². The maximum absolute atomic E-state index is 2.40. The fourth-order valence-electron chi connectivity index (χ4n) is 4.76. The van der Waals surface area contributed by atoms with Gasteiger partial charge in [0.05, 0.1) is 0 Å². The minimum absolute atomic E-state index is 0.296. The Hall–Kier alpha value is -3.12. The molecular weight excluding hydrogens is 336 g/mol. The fraction of sp³-hybridized carbons (Fsp3) is 0.143. The Morgan fingerprint density at radius 3 is 2.14 bits per heavy atom. The molecule has 136 valence electrons. The molecule has 0 N–H and O–H groups in total. The molecule has 28 heavy (non-hydrogen) atoms. The molecule has 0 bridgehead atoms. The van der Waals surface area contributed by atoms with Crippen LogP contribution in [0.25, 0.3) is 17.7 Å². The van der Waals surface area contributed by atoms with Gasteiger partial charge in [-0.2, -0.15) is 0 Å². The summed E-state index contributed by atoms with van der Waals surface area (Å²) in [5.41, 5.74) is 12.7. The summed E-state index contributed by atoms with van der Waals surface area (Å²) in [5, 5.41) is 0. The standard InChI is InChI=1S/C28H24/c1-19(2)27(24-16-21-12-6-7-13-22(21)17-24)28-25-15-9-8-14-23(25)18-26(28)20-10-4-3-5-11-20/h3-16,18,28H,17H2,1-2H3. The lowest BCUT2D eigenvalue weighted by Crippen LogP contribution is -2.07. The number of rotatable bonds is 3. The van der Waals surface area contributed by atoms with Crippen molar-refractivity contribution in [1.29, 1.82) is 0 Å². The van der Waals surface area contributed by atoms with Crippen molar-refractivity contribution in [2.45, 2.75) is 26.2 Å². The maximum Gasteiger partial charge on any atom is 0.0354 e. The van der Waals surface area contributed by atoms with Crippen molar-refractivity contribution < 1.29 is 0 Å². The summed E-state index contributed by atoms with van der Waals surface area (Å²) < 4.78 is 0. The van der Waals surface area contributed by atoms with E-state index in [1.165, 1.54) is 50.1 Å². The van der Waals surface area contributed by atoms with Crippen molar-refractivity contribution in [2.75, 3.05) is 0 Å². The zero-order chi connectivity index (χ0) is 19.1. The van der Waals surface area contributed by atoms with E-state index in [0.29, 0.717) is 5.92 Å². The normalized spacial score (nSPS) is 16.9. The van der Waals surface area contributed by atoms with Gasteiger partial charge in [0.1, 0.15) is 0 Å². The lowest BCUT2D eigenvalue weighted by molar-refractivity contribution is 0.984. The van der Waals surface area contributed by atoms with Crippen molar-refractivity contribution in [3.63, 3.8) is 0 Å². The summed E-state index contributed by atoms with van der Waals surface area (Å²) in [6.07, 6.45) is 5.82. The highest BCUT2D eigenvalue weighted by atomic mass is 14.4. The van der Waals surface area contributed by atoms with Crippen molar-refractivity contribution in [3.05, 3.63) is 123 Å². The molecule has 3 aromatic rings. The van der Waals surface area contributed by atoms with Crippen LogP contribution in [-0.4, -0.2) is 0 Å². The summed E-state index contributed by atoms with van der Waals surface area (Å²) in [6.45, 7) is 4.53. The first kappa shape index (κ1) is 17.0. The summed E-state index contributed by atoms with van der Waals surface area (Å²) >= 11 is 0. The Labute approximate surface area is 167 Å². The van der Waals surface area contributed by atoms with E-state index in [0.717, 1.165) is 6.42 Å². The van der Waals surface area contributed by atoms with E-state index < -0.39 is 0 Å². The van der Waals surface area contributed by atoms with E-state index in [4.69, 9.17) is 0 Å². The van der Waals surface area contributed by atoms with Crippen LogP contribution < -0.4 is 0 Å². The third kappa shape index (κ3) is 2.77. The van der Waals surface area contributed by atoms with E-state index in [9.17, 15) is 0 Å². The van der Waals surface area contributed by atoms with Gasteiger partial charge < -0.3 is 0 Å². The largest absolute Gasteiger partial charge is 0.0720 e. The molecule has 2 aliphatic carbocycles. The lowest BCUT2D eigenvalue weighted by atomic mass is 9.79. The highest BCUT2D eigenvalue weighted by Crippen LogP contribution is 2.50. The Bertz CT molecular complexity index is 1140. The van der Waals surface area contributed by atoms with Gasteiger partial charge in [-0.15, -0.1) is 0 Å². The van der Waals surface area contributed by atoms with Crippen molar-refractivity contribution >= 4 is 17.7 Å².